The van der Waals surface area contributed by atoms with Crippen molar-refractivity contribution in [1.29, 1.82) is 0 Å². The highest BCUT2D eigenvalue weighted by Crippen LogP contribution is 2.17. The maximum absolute atomic E-state index is 13.2. The fraction of sp³-hybridized carbons (Fsp3) is 0.286. The van der Waals surface area contributed by atoms with E-state index in [-0.39, 0.29) is 23.9 Å². The summed E-state index contributed by atoms with van der Waals surface area (Å²) in [4.78, 5) is 28.0. The van der Waals surface area contributed by atoms with Crippen molar-refractivity contribution in [2.45, 2.75) is 0 Å². The number of fused-ring (bicyclic) bond motifs is 1. The lowest BCUT2D eigenvalue weighted by atomic mass is 10.1. The van der Waals surface area contributed by atoms with E-state index in [1.807, 2.05) is 0 Å². The lowest BCUT2D eigenvalue weighted by Crippen LogP contribution is -2.33. The van der Waals surface area contributed by atoms with Crippen molar-refractivity contribution >= 4 is 29.2 Å². The summed E-state index contributed by atoms with van der Waals surface area (Å²) in [6, 6.07) is 5.23. The minimum atomic E-state index is -0.457. The molecule has 0 aliphatic carbocycles. The van der Waals surface area contributed by atoms with Gasteiger partial charge in [-0.05, 0) is 25.2 Å². The zero-order chi connectivity index (χ0) is 14.7. The van der Waals surface area contributed by atoms with Crippen LogP contribution in [0, 0.1) is 5.82 Å². The number of rotatable bonds is 4. The molecule has 1 aromatic heterocycles. The third-order valence-corrected chi connectivity index (χ3v) is 3.08. The van der Waals surface area contributed by atoms with Crippen molar-refractivity contribution in [2.75, 3.05) is 27.2 Å². The van der Waals surface area contributed by atoms with Crippen LogP contribution in [0.2, 0.25) is 0 Å². The predicted molar refractivity (Wildman–Crippen MR) is 82.7 cm³/mol. The van der Waals surface area contributed by atoms with E-state index in [4.69, 9.17) is 0 Å². The number of aromatic amines is 1. The molecule has 0 saturated heterocycles. The van der Waals surface area contributed by atoms with Crippen LogP contribution < -0.4 is 10.9 Å². The lowest BCUT2D eigenvalue weighted by Gasteiger charge is -2.17. The molecule has 1 aromatic carbocycles. The van der Waals surface area contributed by atoms with Crippen LogP contribution in [0.25, 0.3) is 10.9 Å². The fourth-order valence-electron chi connectivity index (χ4n) is 2.00. The maximum Gasteiger partial charge on any atom is 0.254 e. The number of carbonyl (C=O) groups is 1. The monoisotopic (exact) mass is 313 g/mol. The first-order valence-electron chi connectivity index (χ1n) is 6.25. The van der Waals surface area contributed by atoms with E-state index in [2.05, 4.69) is 10.3 Å². The van der Waals surface area contributed by atoms with Gasteiger partial charge in [0, 0.05) is 31.6 Å². The van der Waals surface area contributed by atoms with Gasteiger partial charge in [-0.15, -0.1) is 12.4 Å². The molecule has 0 spiro atoms. The first kappa shape index (κ1) is 17.1. The molecule has 2 aromatic rings. The van der Waals surface area contributed by atoms with Crippen molar-refractivity contribution in [3.8, 4) is 0 Å². The molecule has 21 heavy (non-hydrogen) atoms. The van der Waals surface area contributed by atoms with Crippen LogP contribution in [0.3, 0.4) is 0 Å². The summed E-state index contributed by atoms with van der Waals surface area (Å²) in [5.74, 6) is -0.718. The van der Waals surface area contributed by atoms with Crippen LogP contribution in [0.4, 0.5) is 4.39 Å². The van der Waals surface area contributed by atoms with Crippen LogP contribution in [-0.4, -0.2) is 43.0 Å². The van der Waals surface area contributed by atoms with E-state index in [1.54, 1.807) is 14.1 Å². The molecule has 1 amide bonds. The highest BCUT2D eigenvalue weighted by atomic mass is 35.5. The van der Waals surface area contributed by atoms with E-state index in [9.17, 15) is 14.0 Å². The van der Waals surface area contributed by atoms with E-state index in [0.717, 1.165) is 0 Å². The number of hydrogen-bond donors (Lipinski definition) is 2. The standard InChI is InChI=1S/C14H16FN3O2.ClH/c1-16-5-6-18(2)14(20)11-8-13(19)17-12-7-9(15)3-4-10(11)12;/h3-4,7-8,16H,5-6H2,1-2H3,(H,17,19);1H. The number of halogens is 2. The highest BCUT2D eigenvalue weighted by Gasteiger charge is 2.16. The number of amides is 1. The van der Waals surface area contributed by atoms with Gasteiger partial charge < -0.3 is 15.2 Å². The molecule has 114 valence electrons. The molecule has 5 nitrogen and oxygen atoms in total. The second-order valence-corrected chi connectivity index (χ2v) is 4.57. The molecule has 0 aliphatic heterocycles. The van der Waals surface area contributed by atoms with Crippen molar-refractivity contribution in [2.24, 2.45) is 0 Å². The molecule has 2 rings (SSSR count). The highest BCUT2D eigenvalue weighted by molar-refractivity contribution is 6.05. The number of carbonyl (C=O) groups excluding carboxylic acids is 1. The Balaban J connectivity index is 0.00000220. The Kier molecular flexibility index (Phi) is 5.87. The molecule has 7 heteroatoms. The number of benzene rings is 1. The molecular weight excluding hydrogens is 297 g/mol. The van der Waals surface area contributed by atoms with Gasteiger partial charge in [0.25, 0.3) is 5.91 Å². The number of nitrogens with zero attached hydrogens (tertiary/aromatic N) is 1. The topological polar surface area (TPSA) is 65.2 Å². The quantitative estimate of drug-likeness (QED) is 0.896. The van der Waals surface area contributed by atoms with Gasteiger partial charge >= 0.3 is 0 Å². The first-order valence-corrected chi connectivity index (χ1v) is 6.25. The molecule has 0 radical (unpaired) electrons. The molecule has 0 bridgehead atoms. The number of nitrogens with one attached hydrogen (secondary N) is 2. The summed E-state index contributed by atoms with van der Waals surface area (Å²) in [6.07, 6.45) is 0. The summed E-state index contributed by atoms with van der Waals surface area (Å²) in [5.41, 5.74) is 0.179. The third kappa shape index (κ3) is 3.80. The Hall–Kier alpha value is -1.92. The smallest absolute Gasteiger partial charge is 0.254 e. The van der Waals surface area contributed by atoms with Crippen LogP contribution in [0.1, 0.15) is 10.4 Å². The van der Waals surface area contributed by atoms with Gasteiger partial charge in [0.2, 0.25) is 5.56 Å². The summed E-state index contributed by atoms with van der Waals surface area (Å²) >= 11 is 0. The first-order chi connectivity index (χ1) is 9.52. The third-order valence-electron chi connectivity index (χ3n) is 3.08. The van der Waals surface area contributed by atoms with E-state index in [0.29, 0.717) is 24.0 Å². The zero-order valence-electron chi connectivity index (χ0n) is 11.8. The van der Waals surface area contributed by atoms with Gasteiger partial charge in [-0.1, -0.05) is 0 Å². The van der Waals surface area contributed by atoms with Gasteiger partial charge in [-0.2, -0.15) is 0 Å². The Bertz CT molecular complexity index is 702. The molecule has 0 aliphatic rings. The summed E-state index contributed by atoms with van der Waals surface area (Å²) in [5, 5.41) is 3.48. The Morgan fingerprint density at radius 2 is 2.10 bits per heavy atom. The normalized spacial score (nSPS) is 10.2. The summed E-state index contributed by atoms with van der Waals surface area (Å²) in [7, 11) is 3.46. The average Bonchev–Trinajstić information content (AvgIpc) is 2.42. The number of likely N-dealkylation sites (N-methyl/N-ethyl adjacent to an activating group) is 2. The van der Waals surface area contributed by atoms with Gasteiger partial charge in [0.1, 0.15) is 5.82 Å². The van der Waals surface area contributed by atoms with Crippen molar-refractivity contribution in [1.82, 2.24) is 15.2 Å². The van der Waals surface area contributed by atoms with Crippen molar-refractivity contribution in [3.63, 3.8) is 0 Å². The molecule has 2 N–H and O–H groups in total. The number of aromatic nitrogens is 1. The SMILES string of the molecule is CNCCN(C)C(=O)c1cc(=O)[nH]c2cc(F)ccc12.Cl. The van der Waals surface area contributed by atoms with E-state index in [1.165, 1.54) is 29.2 Å². The molecule has 0 saturated carbocycles. The largest absolute Gasteiger partial charge is 0.340 e. The van der Waals surface area contributed by atoms with Crippen LogP contribution in [-0.2, 0) is 0 Å². The average molecular weight is 314 g/mol. The number of pyridine rings is 1. The minimum absolute atomic E-state index is 0. The predicted octanol–water partition coefficient (Wildman–Crippen LogP) is 1.38. The Morgan fingerprint density at radius 3 is 2.76 bits per heavy atom. The van der Waals surface area contributed by atoms with Crippen LogP contribution in [0.5, 0.6) is 0 Å². The second kappa shape index (κ2) is 7.19. The molecular formula is C14H17ClFN3O2. The zero-order valence-corrected chi connectivity index (χ0v) is 12.6. The van der Waals surface area contributed by atoms with E-state index < -0.39 is 11.4 Å². The summed E-state index contributed by atoms with van der Waals surface area (Å²) in [6.45, 7) is 1.17. The van der Waals surface area contributed by atoms with Crippen LogP contribution >= 0.6 is 12.4 Å². The van der Waals surface area contributed by atoms with Gasteiger partial charge in [-0.3, -0.25) is 9.59 Å². The molecule has 0 unspecified atom stereocenters. The summed E-state index contributed by atoms with van der Waals surface area (Å²) < 4.78 is 13.2. The van der Waals surface area contributed by atoms with Gasteiger partial charge in [-0.25, -0.2) is 4.39 Å². The molecule has 0 fully saturated rings. The van der Waals surface area contributed by atoms with Crippen LogP contribution in [0.15, 0.2) is 29.1 Å². The van der Waals surface area contributed by atoms with Crippen molar-refractivity contribution in [3.05, 3.63) is 46.0 Å². The molecule has 1 heterocycles. The fourth-order valence-corrected chi connectivity index (χ4v) is 2.00. The second-order valence-electron chi connectivity index (χ2n) is 4.57. The number of hydrogen-bond acceptors (Lipinski definition) is 3. The molecule has 0 atom stereocenters. The van der Waals surface area contributed by atoms with E-state index >= 15 is 0 Å². The van der Waals surface area contributed by atoms with Gasteiger partial charge in [0.05, 0.1) is 11.1 Å². The maximum atomic E-state index is 13.2. The minimum Gasteiger partial charge on any atom is -0.340 e. The number of H-pyrrole nitrogens is 1. The lowest BCUT2D eigenvalue weighted by molar-refractivity contribution is 0.0798. The van der Waals surface area contributed by atoms with Crippen molar-refractivity contribution < 1.29 is 9.18 Å². The Morgan fingerprint density at radius 1 is 1.38 bits per heavy atom. The van der Waals surface area contributed by atoms with Gasteiger partial charge in [0.15, 0.2) is 0 Å². The Labute approximate surface area is 127 Å².